The fraction of sp³-hybridized carbons (Fsp3) is 0.429. The molecule has 20 heavy (non-hydrogen) atoms. The summed E-state index contributed by atoms with van der Waals surface area (Å²) in [6.45, 7) is 2.14. The Morgan fingerprint density at radius 2 is 1.90 bits per heavy atom. The molecule has 0 saturated carbocycles. The van der Waals surface area contributed by atoms with Crippen molar-refractivity contribution in [3.05, 3.63) is 35.9 Å². The number of urea groups is 1. The Morgan fingerprint density at radius 3 is 2.45 bits per heavy atom. The minimum atomic E-state index is -1.07. The Balaban J connectivity index is 2.55. The highest BCUT2D eigenvalue weighted by Gasteiger charge is 2.20. The number of carboxylic acid groups (broad SMARTS) is 1. The number of rotatable bonds is 7. The van der Waals surface area contributed by atoms with Crippen LogP contribution in [-0.4, -0.2) is 42.9 Å². The lowest BCUT2D eigenvalue weighted by atomic mass is 10.1. The lowest BCUT2D eigenvalue weighted by Crippen LogP contribution is -2.50. The van der Waals surface area contributed by atoms with Crippen molar-refractivity contribution in [1.29, 1.82) is 0 Å². The van der Waals surface area contributed by atoms with E-state index in [2.05, 4.69) is 10.6 Å². The summed E-state index contributed by atoms with van der Waals surface area (Å²) in [4.78, 5) is 22.9. The number of hydrogen-bond acceptors (Lipinski definition) is 3. The molecule has 2 amide bonds. The van der Waals surface area contributed by atoms with Crippen molar-refractivity contribution in [3.63, 3.8) is 0 Å². The first-order chi connectivity index (χ1) is 9.52. The van der Waals surface area contributed by atoms with Crippen LogP contribution in [0.25, 0.3) is 0 Å². The lowest BCUT2D eigenvalue weighted by molar-refractivity contribution is -0.139. The van der Waals surface area contributed by atoms with E-state index >= 15 is 0 Å². The van der Waals surface area contributed by atoms with Crippen molar-refractivity contribution in [2.45, 2.75) is 25.4 Å². The van der Waals surface area contributed by atoms with Crippen molar-refractivity contribution >= 4 is 12.0 Å². The average molecular weight is 280 g/mol. The minimum absolute atomic E-state index is 0.189. The van der Waals surface area contributed by atoms with Crippen molar-refractivity contribution in [1.82, 2.24) is 10.6 Å². The summed E-state index contributed by atoms with van der Waals surface area (Å²) in [7, 11) is 1.53. The van der Waals surface area contributed by atoms with Crippen LogP contribution in [0.1, 0.15) is 12.5 Å². The molecule has 0 aliphatic rings. The maximum Gasteiger partial charge on any atom is 0.326 e. The van der Waals surface area contributed by atoms with Gasteiger partial charge in [-0.3, -0.25) is 0 Å². The van der Waals surface area contributed by atoms with Gasteiger partial charge < -0.3 is 20.5 Å². The highest BCUT2D eigenvalue weighted by atomic mass is 16.5. The number of ether oxygens (including phenoxy) is 1. The number of hydrogen-bond donors (Lipinski definition) is 3. The first-order valence-corrected chi connectivity index (χ1v) is 6.35. The molecule has 6 heteroatoms. The smallest absolute Gasteiger partial charge is 0.326 e. The zero-order valence-electron chi connectivity index (χ0n) is 11.6. The molecule has 110 valence electrons. The summed E-state index contributed by atoms with van der Waals surface area (Å²) >= 11 is 0. The molecule has 0 bridgehead atoms. The number of carbonyl (C=O) groups is 2. The number of nitrogens with one attached hydrogen (secondary N) is 2. The fourth-order valence-corrected chi connectivity index (χ4v) is 1.77. The van der Waals surface area contributed by atoms with Gasteiger partial charge in [-0.05, 0) is 12.5 Å². The maximum atomic E-state index is 11.7. The molecule has 0 aromatic heterocycles. The molecule has 6 nitrogen and oxygen atoms in total. The molecule has 0 heterocycles. The van der Waals surface area contributed by atoms with Crippen molar-refractivity contribution in [3.8, 4) is 0 Å². The third-order valence-electron chi connectivity index (χ3n) is 2.68. The second kappa shape index (κ2) is 8.16. The molecule has 2 unspecified atom stereocenters. The normalized spacial score (nSPS) is 13.3. The molecular formula is C14H20N2O4. The van der Waals surface area contributed by atoms with E-state index in [0.29, 0.717) is 6.61 Å². The predicted molar refractivity (Wildman–Crippen MR) is 74.6 cm³/mol. The monoisotopic (exact) mass is 280 g/mol. The van der Waals surface area contributed by atoms with E-state index in [1.165, 1.54) is 7.11 Å². The van der Waals surface area contributed by atoms with Gasteiger partial charge in [-0.15, -0.1) is 0 Å². The summed E-state index contributed by atoms with van der Waals surface area (Å²) < 4.78 is 4.89. The van der Waals surface area contributed by atoms with Gasteiger partial charge in [-0.25, -0.2) is 9.59 Å². The number of carbonyl (C=O) groups excluding carboxylic acids is 1. The minimum Gasteiger partial charge on any atom is -0.480 e. The van der Waals surface area contributed by atoms with Gasteiger partial charge in [-0.2, -0.15) is 0 Å². The molecule has 2 atom stereocenters. The number of amides is 2. The van der Waals surface area contributed by atoms with Crippen LogP contribution in [0.2, 0.25) is 0 Å². The van der Waals surface area contributed by atoms with Gasteiger partial charge in [0.1, 0.15) is 6.04 Å². The SMILES string of the molecule is COCC(C)NC(=O)NC(Cc1ccccc1)C(=O)O. The molecule has 1 rings (SSSR count). The second-order valence-corrected chi connectivity index (χ2v) is 4.55. The van der Waals surface area contributed by atoms with E-state index in [9.17, 15) is 9.59 Å². The van der Waals surface area contributed by atoms with Gasteiger partial charge in [-0.1, -0.05) is 30.3 Å². The molecule has 0 fully saturated rings. The van der Waals surface area contributed by atoms with E-state index in [0.717, 1.165) is 5.56 Å². The van der Waals surface area contributed by atoms with Crippen molar-refractivity contribution < 1.29 is 19.4 Å². The Kier molecular flexibility index (Phi) is 6.52. The van der Waals surface area contributed by atoms with Crippen LogP contribution in [0, 0.1) is 0 Å². The van der Waals surface area contributed by atoms with Gasteiger partial charge in [0.15, 0.2) is 0 Å². The van der Waals surface area contributed by atoms with E-state index < -0.39 is 18.0 Å². The summed E-state index contributed by atoms with van der Waals surface area (Å²) in [6, 6.07) is 7.48. The third-order valence-corrected chi connectivity index (χ3v) is 2.68. The predicted octanol–water partition coefficient (Wildman–Crippen LogP) is 1.02. The first-order valence-electron chi connectivity index (χ1n) is 6.35. The summed E-state index contributed by atoms with van der Waals surface area (Å²) in [5.41, 5.74) is 0.852. The van der Waals surface area contributed by atoms with Crippen molar-refractivity contribution in [2.24, 2.45) is 0 Å². The zero-order valence-corrected chi connectivity index (χ0v) is 11.6. The average Bonchev–Trinajstić information content (AvgIpc) is 2.39. The van der Waals surface area contributed by atoms with E-state index in [-0.39, 0.29) is 12.5 Å². The Hall–Kier alpha value is -2.08. The Labute approximate surface area is 118 Å². The molecule has 0 aliphatic heterocycles. The summed E-state index contributed by atoms with van der Waals surface area (Å²) in [5.74, 6) is -1.07. The first kappa shape index (κ1) is 16.0. The quantitative estimate of drug-likeness (QED) is 0.695. The maximum absolute atomic E-state index is 11.7. The molecule has 0 aliphatic carbocycles. The highest BCUT2D eigenvalue weighted by molar-refractivity contribution is 5.82. The van der Waals surface area contributed by atoms with Crippen LogP contribution in [0.5, 0.6) is 0 Å². The van der Waals surface area contributed by atoms with Crippen LogP contribution < -0.4 is 10.6 Å². The van der Waals surface area contributed by atoms with E-state index in [4.69, 9.17) is 9.84 Å². The number of aliphatic carboxylic acids is 1. The zero-order chi connectivity index (χ0) is 15.0. The molecule has 0 spiro atoms. The molecular weight excluding hydrogens is 260 g/mol. The van der Waals surface area contributed by atoms with Crippen LogP contribution in [0.4, 0.5) is 4.79 Å². The highest BCUT2D eigenvalue weighted by Crippen LogP contribution is 2.03. The van der Waals surface area contributed by atoms with Gasteiger partial charge in [0.25, 0.3) is 0 Å². The molecule has 0 saturated heterocycles. The molecule has 1 aromatic carbocycles. The number of benzene rings is 1. The summed E-state index contributed by atoms with van der Waals surface area (Å²) in [6.07, 6.45) is 0.238. The van der Waals surface area contributed by atoms with Gasteiger partial charge in [0, 0.05) is 13.5 Å². The molecule has 1 aromatic rings. The van der Waals surface area contributed by atoms with E-state index in [1.54, 1.807) is 6.92 Å². The Bertz CT molecular complexity index is 436. The number of carboxylic acids is 1. The van der Waals surface area contributed by atoms with Gasteiger partial charge in [0.2, 0.25) is 0 Å². The van der Waals surface area contributed by atoms with Crippen LogP contribution >= 0.6 is 0 Å². The van der Waals surface area contributed by atoms with Crippen LogP contribution in [0.3, 0.4) is 0 Å². The second-order valence-electron chi connectivity index (χ2n) is 4.55. The topological polar surface area (TPSA) is 87.7 Å². The Morgan fingerprint density at radius 1 is 1.25 bits per heavy atom. The third kappa shape index (κ3) is 5.71. The lowest BCUT2D eigenvalue weighted by Gasteiger charge is -2.18. The number of methoxy groups -OCH3 is 1. The summed E-state index contributed by atoms with van der Waals surface area (Å²) in [5, 5.41) is 14.2. The fourth-order valence-electron chi connectivity index (χ4n) is 1.77. The largest absolute Gasteiger partial charge is 0.480 e. The van der Waals surface area contributed by atoms with E-state index in [1.807, 2.05) is 30.3 Å². The molecule has 0 radical (unpaired) electrons. The molecule has 3 N–H and O–H groups in total. The van der Waals surface area contributed by atoms with Crippen LogP contribution in [0.15, 0.2) is 30.3 Å². The standard InChI is InChI=1S/C14H20N2O4/c1-10(9-20-2)15-14(19)16-12(13(17)18)8-11-6-4-3-5-7-11/h3-7,10,12H,8-9H2,1-2H3,(H,17,18)(H2,15,16,19). The van der Waals surface area contributed by atoms with Gasteiger partial charge >= 0.3 is 12.0 Å². The van der Waals surface area contributed by atoms with Crippen molar-refractivity contribution in [2.75, 3.05) is 13.7 Å². The van der Waals surface area contributed by atoms with Crippen LogP contribution in [-0.2, 0) is 16.0 Å². The van der Waals surface area contributed by atoms with Gasteiger partial charge in [0.05, 0.1) is 12.6 Å².